The lowest BCUT2D eigenvalue weighted by Crippen LogP contribution is -2.38. The Bertz CT molecular complexity index is 409. The maximum absolute atomic E-state index is 8.95. The summed E-state index contributed by atoms with van der Waals surface area (Å²) in [7, 11) is 0. The summed E-state index contributed by atoms with van der Waals surface area (Å²) in [5.41, 5.74) is 1.19. The second kappa shape index (κ2) is 8.70. The minimum absolute atomic E-state index is 0.144. The fraction of sp³-hybridized carbons (Fsp3) is 0.562. The SMILES string of the molecule is N#CCC(NCCCN1CCOCC1)c1ccccc1. The summed E-state index contributed by atoms with van der Waals surface area (Å²) in [5.74, 6) is 0. The second-order valence-corrected chi connectivity index (χ2v) is 5.09. The van der Waals surface area contributed by atoms with Gasteiger partial charge in [0.15, 0.2) is 0 Å². The Hall–Kier alpha value is -1.41. The lowest BCUT2D eigenvalue weighted by Gasteiger charge is -2.26. The zero-order valence-electron chi connectivity index (χ0n) is 11.9. The maximum Gasteiger partial charge on any atom is 0.0641 e. The minimum Gasteiger partial charge on any atom is -0.379 e. The van der Waals surface area contributed by atoms with Gasteiger partial charge in [0.25, 0.3) is 0 Å². The predicted octanol–water partition coefficient (Wildman–Crippen LogP) is 1.95. The smallest absolute Gasteiger partial charge is 0.0641 e. The van der Waals surface area contributed by atoms with Gasteiger partial charge in [0.2, 0.25) is 0 Å². The van der Waals surface area contributed by atoms with Gasteiger partial charge >= 0.3 is 0 Å². The maximum atomic E-state index is 8.95. The average Bonchev–Trinajstić information content (AvgIpc) is 2.52. The van der Waals surface area contributed by atoms with Gasteiger partial charge in [-0.25, -0.2) is 0 Å². The Kier molecular flexibility index (Phi) is 6.52. The average molecular weight is 273 g/mol. The van der Waals surface area contributed by atoms with Gasteiger partial charge in [-0.1, -0.05) is 30.3 Å². The van der Waals surface area contributed by atoms with Crippen LogP contribution in [-0.2, 0) is 4.74 Å². The van der Waals surface area contributed by atoms with Gasteiger partial charge in [0, 0.05) is 19.1 Å². The molecule has 1 aromatic rings. The first-order valence-electron chi connectivity index (χ1n) is 7.35. The van der Waals surface area contributed by atoms with Crippen LogP contribution in [-0.4, -0.2) is 44.3 Å². The molecule has 2 rings (SSSR count). The highest BCUT2D eigenvalue weighted by Gasteiger charge is 2.11. The summed E-state index contributed by atoms with van der Waals surface area (Å²) < 4.78 is 5.34. The van der Waals surface area contributed by atoms with Gasteiger partial charge < -0.3 is 10.1 Å². The molecule has 1 unspecified atom stereocenters. The van der Waals surface area contributed by atoms with Crippen molar-refractivity contribution >= 4 is 0 Å². The standard InChI is InChI=1S/C16H23N3O/c17-8-7-16(15-5-2-1-3-6-15)18-9-4-10-19-11-13-20-14-12-19/h1-3,5-6,16,18H,4,7,9-14H2. The molecule has 1 N–H and O–H groups in total. The van der Waals surface area contributed by atoms with Crippen LogP contribution in [0.5, 0.6) is 0 Å². The molecule has 0 aromatic heterocycles. The Morgan fingerprint density at radius 3 is 2.70 bits per heavy atom. The fourth-order valence-corrected chi connectivity index (χ4v) is 2.49. The highest BCUT2D eigenvalue weighted by molar-refractivity contribution is 5.19. The van der Waals surface area contributed by atoms with Crippen molar-refractivity contribution in [2.45, 2.75) is 18.9 Å². The molecule has 1 heterocycles. The van der Waals surface area contributed by atoms with E-state index < -0.39 is 0 Å². The van der Waals surface area contributed by atoms with Gasteiger partial charge in [-0.15, -0.1) is 0 Å². The molecule has 0 bridgehead atoms. The van der Waals surface area contributed by atoms with Gasteiger partial charge in [-0.05, 0) is 25.1 Å². The summed E-state index contributed by atoms with van der Waals surface area (Å²) in [4.78, 5) is 2.44. The second-order valence-electron chi connectivity index (χ2n) is 5.09. The van der Waals surface area contributed by atoms with E-state index in [0.717, 1.165) is 45.8 Å². The molecule has 0 radical (unpaired) electrons. The Morgan fingerprint density at radius 2 is 2.00 bits per heavy atom. The molecule has 108 valence electrons. The van der Waals surface area contributed by atoms with Crippen molar-refractivity contribution in [1.29, 1.82) is 5.26 Å². The molecule has 0 spiro atoms. The van der Waals surface area contributed by atoms with Crippen LogP contribution in [0.3, 0.4) is 0 Å². The first kappa shape index (κ1) is 15.0. The van der Waals surface area contributed by atoms with E-state index in [1.165, 1.54) is 5.56 Å². The van der Waals surface area contributed by atoms with Crippen molar-refractivity contribution in [3.63, 3.8) is 0 Å². The zero-order valence-corrected chi connectivity index (χ0v) is 11.9. The van der Waals surface area contributed by atoms with E-state index in [2.05, 4.69) is 28.4 Å². The predicted molar refractivity (Wildman–Crippen MR) is 79.3 cm³/mol. The van der Waals surface area contributed by atoms with Crippen LogP contribution in [0, 0.1) is 11.3 Å². The van der Waals surface area contributed by atoms with Gasteiger partial charge in [0.05, 0.1) is 25.7 Å². The lowest BCUT2D eigenvalue weighted by atomic mass is 10.0. The molecule has 4 nitrogen and oxygen atoms in total. The number of hydrogen-bond acceptors (Lipinski definition) is 4. The van der Waals surface area contributed by atoms with Gasteiger partial charge in [-0.3, -0.25) is 4.90 Å². The third-order valence-electron chi connectivity index (χ3n) is 3.64. The Labute approximate surface area is 121 Å². The van der Waals surface area contributed by atoms with E-state index >= 15 is 0 Å². The van der Waals surface area contributed by atoms with Crippen molar-refractivity contribution in [2.75, 3.05) is 39.4 Å². The van der Waals surface area contributed by atoms with Crippen LogP contribution in [0.15, 0.2) is 30.3 Å². The summed E-state index contributed by atoms with van der Waals surface area (Å²) in [5, 5.41) is 12.4. The van der Waals surface area contributed by atoms with Crippen LogP contribution >= 0.6 is 0 Å². The summed E-state index contributed by atoms with van der Waals surface area (Å²) >= 11 is 0. The molecule has 1 aliphatic rings. The Balaban J connectivity index is 1.71. The molecule has 1 aliphatic heterocycles. The van der Waals surface area contributed by atoms with E-state index in [9.17, 15) is 0 Å². The molecule has 1 aromatic carbocycles. The number of morpholine rings is 1. The van der Waals surface area contributed by atoms with E-state index in [-0.39, 0.29) is 6.04 Å². The number of nitriles is 1. The third kappa shape index (κ3) is 4.93. The van der Waals surface area contributed by atoms with Crippen LogP contribution in [0.1, 0.15) is 24.4 Å². The quantitative estimate of drug-likeness (QED) is 0.771. The van der Waals surface area contributed by atoms with Gasteiger partial charge in [0.1, 0.15) is 0 Å². The molecule has 20 heavy (non-hydrogen) atoms. The number of nitrogens with one attached hydrogen (secondary N) is 1. The molecule has 1 saturated heterocycles. The van der Waals surface area contributed by atoms with Crippen molar-refractivity contribution < 1.29 is 4.74 Å². The van der Waals surface area contributed by atoms with E-state index in [1.54, 1.807) is 0 Å². The van der Waals surface area contributed by atoms with Gasteiger partial charge in [-0.2, -0.15) is 5.26 Å². The highest BCUT2D eigenvalue weighted by Crippen LogP contribution is 2.15. The van der Waals surface area contributed by atoms with E-state index in [4.69, 9.17) is 10.00 Å². The molecule has 1 atom stereocenters. The van der Waals surface area contributed by atoms with Crippen molar-refractivity contribution in [2.24, 2.45) is 0 Å². The molecule has 0 amide bonds. The molecule has 1 fully saturated rings. The molecular formula is C16H23N3O. The summed E-state index contributed by atoms with van der Waals surface area (Å²) in [6, 6.07) is 12.6. The number of ether oxygens (including phenoxy) is 1. The van der Waals surface area contributed by atoms with Crippen LogP contribution in [0.2, 0.25) is 0 Å². The summed E-state index contributed by atoms with van der Waals surface area (Å²) in [6.45, 7) is 5.84. The minimum atomic E-state index is 0.144. The number of hydrogen-bond donors (Lipinski definition) is 1. The first-order chi connectivity index (χ1) is 9.90. The van der Waals surface area contributed by atoms with Crippen LogP contribution in [0.4, 0.5) is 0 Å². The highest BCUT2D eigenvalue weighted by atomic mass is 16.5. The van der Waals surface area contributed by atoms with Crippen LogP contribution in [0.25, 0.3) is 0 Å². The summed E-state index contributed by atoms with van der Waals surface area (Å²) in [6.07, 6.45) is 1.62. The molecule has 0 aliphatic carbocycles. The Morgan fingerprint density at radius 1 is 1.25 bits per heavy atom. The number of rotatable bonds is 7. The number of benzene rings is 1. The van der Waals surface area contributed by atoms with Crippen LogP contribution < -0.4 is 5.32 Å². The van der Waals surface area contributed by atoms with Crippen molar-refractivity contribution in [3.8, 4) is 6.07 Å². The van der Waals surface area contributed by atoms with E-state index in [1.807, 2.05) is 18.2 Å². The lowest BCUT2D eigenvalue weighted by molar-refractivity contribution is 0.0374. The molecule has 4 heteroatoms. The largest absolute Gasteiger partial charge is 0.379 e. The monoisotopic (exact) mass is 273 g/mol. The van der Waals surface area contributed by atoms with Crippen molar-refractivity contribution in [3.05, 3.63) is 35.9 Å². The first-order valence-corrected chi connectivity index (χ1v) is 7.35. The molecular weight excluding hydrogens is 250 g/mol. The zero-order chi connectivity index (χ0) is 14.0. The fourth-order valence-electron chi connectivity index (χ4n) is 2.49. The molecule has 0 saturated carbocycles. The third-order valence-corrected chi connectivity index (χ3v) is 3.64. The topological polar surface area (TPSA) is 48.3 Å². The normalized spacial score (nSPS) is 17.6. The van der Waals surface area contributed by atoms with E-state index in [0.29, 0.717) is 6.42 Å². The number of nitrogens with zero attached hydrogens (tertiary/aromatic N) is 2. The van der Waals surface area contributed by atoms with Crippen molar-refractivity contribution in [1.82, 2.24) is 10.2 Å².